The van der Waals surface area contributed by atoms with Crippen LogP contribution in [-0.2, 0) is 0 Å². The van der Waals surface area contributed by atoms with Crippen LogP contribution in [0.25, 0.3) is 100 Å². The molecule has 0 saturated heterocycles. The molecule has 4 nitrogen and oxygen atoms in total. The van der Waals surface area contributed by atoms with Gasteiger partial charge in [0.15, 0.2) is 17.5 Å². The molecule has 0 fully saturated rings. The van der Waals surface area contributed by atoms with Crippen molar-refractivity contribution in [2.24, 2.45) is 0 Å². The van der Waals surface area contributed by atoms with Crippen LogP contribution in [0, 0.1) is 39.0 Å². The Morgan fingerprint density at radius 2 is 0.790 bits per heavy atom. The molecule has 0 aliphatic heterocycles. The van der Waals surface area contributed by atoms with Gasteiger partial charge in [-0.15, -0.1) is 0 Å². The van der Waals surface area contributed by atoms with Crippen molar-refractivity contribution in [3.8, 4) is 84.7 Å². The van der Waals surface area contributed by atoms with E-state index >= 15 is 0 Å². The molecule has 10 rings (SSSR count). The number of rotatable bonds is 7. The van der Waals surface area contributed by atoms with E-state index < -0.39 is 0 Å². The summed E-state index contributed by atoms with van der Waals surface area (Å²) in [5, 5.41) is 15.4. The molecule has 62 heavy (non-hydrogen) atoms. The fourth-order valence-electron chi connectivity index (χ4n) is 9.03. The van der Waals surface area contributed by atoms with Crippen molar-refractivity contribution in [1.82, 2.24) is 15.0 Å². The van der Waals surface area contributed by atoms with Crippen molar-refractivity contribution >= 4 is 21.5 Å². The number of hydrogen-bond acceptors (Lipinski definition) is 4. The molecule has 0 atom stereocenters. The quantitative estimate of drug-likeness (QED) is 0.151. The van der Waals surface area contributed by atoms with Crippen LogP contribution in [0.5, 0.6) is 0 Å². The molecule has 0 unspecified atom stereocenters. The maximum atomic E-state index is 10.4. The molecule has 1 heterocycles. The van der Waals surface area contributed by atoms with Crippen LogP contribution < -0.4 is 0 Å². The Morgan fingerprint density at radius 1 is 0.339 bits per heavy atom. The van der Waals surface area contributed by atoms with Gasteiger partial charge < -0.3 is 0 Å². The zero-order chi connectivity index (χ0) is 42.3. The van der Waals surface area contributed by atoms with Crippen LogP contribution in [-0.4, -0.2) is 15.0 Å². The van der Waals surface area contributed by atoms with Crippen LogP contribution in [0.4, 0.5) is 0 Å². The minimum Gasteiger partial charge on any atom is -0.208 e. The Morgan fingerprint density at radius 3 is 1.39 bits per heavy atom. The predicted octanol–water partition coefficient (Wildman–Crippen LogP) is 15.0. The first-order valence-corrected chi connectivity index (χ1v) is 21.0. The van der Waals surface area contributed by atoms with Gasteiger partial charge in [-0.2, -0.15) is 5.26 Å². The summed E-state index contributed by atoms with van der Waals surface area (Å²) in [5.74, 6) is 1.88. The number of nitrogens with zero attached hydrogens (tertiary/aromatic N) is 4. The molecule has 0 spiro atoms. The lowest BCUT2D eigenvalue weighted by Gasteiger charge is -2.16. The first kappa shape index (κ1) is 38.2. The monoisotopic (exact) mass is 794 g/mol. The average molecular weight is 795 g/mol. The largest absolute Gasteiger partial charge is 0.208 e. The highest BCUT2D eigenvalue weighted by atomic mass is 15.0. The van der Waals surface area contributed by atoms with Crippen molar-refractivity contribution in [2.75, 3.05) is 0 Å². The van der Waals surface area contributed by atoms with Crippen LogP contribution in [0.1, 0.15) is 27.8 Å². The van der Waals surface area contributed by atoms with Gasteiger partial charge >= 0.3 is 0 Å². The normalized spacial score (nSPS) is 11.2. The lowest BCUT2D eigenvalue weighted by Crippen LogP contribution is -2.01. The van der Waals surface area contributed by atoms with E-state index in [-0.39, 0.29) is 0 Å². The summed E-state index contributed by atoms with van der Waals surface area (Å²) in [7, 11) is 0. The molecule has 1 aromatic heterocycles. The molecular weight excluding hydrogens is 753 g/mol. The van der Waals surface area contributed by atoms with E-state index in [1.165, 1.54) is 32.7 Å². The summed E-state index contributed by atoms with van der Waals surface area (Å²) >= 11 is 0. The molecule has 0 N–H and O–H groups in total. The third-order valence-corrected chi connectivity index (χ3v) is 11.7. The fourth-order valence-corrected chi connectivity index (χ4v) is 9.03. The molecule has 0 radical (unpaired) electrons. The van der Waals surface area contributed by atoms with Gasteiger partial charge in [0.25, 0.3) is 0 Å². The number of benzene rings is 9. The first-order valence-electron chi connectivity index (χ1n) is 21.0. The molecule has 0 saturated carbocycles. The van der Waals surface area contributed by atoms with E-state index in [2.05, 4.69) is 204 Å². The summed E-state index contributed by atoms with van der Waals surface area (Å²) in [5.41, 5.74) is 16.6. The van der Waals surface area contributed by atoms with E-state index in [1.807, 2.05) is 12.1 Å². The summed E-state index contributed by atoms with van der Waals surface area (Å²) in [4.78, 5) is 15.1. The van der Waals surface area contributed by atoms with Gasteiger partial charge in [0, 0.05) is 22.3 Å². The van der Waals surface area contributed by atoms with Crippen molar-refractivity contribution in [1.29, 1.82) is 5.26 Å². The van der Waals surface area contributed by atoms with Crippen LogP contribution in [0.3, 0.4) is 0 Å². The van der Waals surface area contributed by atoms with Crippen molar-refractivity contribution in [3.05, 3.63) is 210 Å². The molecule has 0 bridgehead atoms. The second-order valence-corrected chi connectivity index (χ2v) is 16.3. The summed E-state index contributed by atoms with van der Waals surface area (Å²) < 4.78 is 0. The fraction of sp³-hybridized carbons (Fsp3) is 0.0690. The second-order valence-electron chi connectivity index (χ2n) is 16.3. The van der Waals surface area contributed by atoms with Gasteiger partial charge in [-0.25, -0.2) is 15.0 Å². The predicted molar refractivity (Wildman–Crippen MR) is 257 cm³/mol. The number of aryl methyl sites for hydroxylation is 4. The molecular formula is C58H42N4. The Bertz CT molecular complexity index is 3280. The van der Waals surface area contributed by atoms with Crippen LogP contribution >= 0.6 is 0 Å². The van der Waals surface area contributed by atoms with Gasteiger partial charge in [0.05, 0.1) is 11.6 Å². The zero-order valence-electron chi connectivity index (χ0n) is 35.1. The smallest absolute Gasteiger partial charge is 0.164 e. The van der Waals surface area contributed by atoms with Crippen LogP contribution in [0.2, 0.25) is 0 Å². The minimum absolute atomic E-state index is 0.605. The minimum atomic E-state index is 0.605. The Balaban J connectivity index is 1.03. The summed E-state index contributed by atoms with van der Waals surface area (Å²) in [6.45, 7) is 8.39. The Hall–Kier alpha value is -8.00. The van der Waals surface area contributed by atoms with Gasteiger partial charge in [0.1, 0.15) is 0 Å². The molecule has 0 amide bonds. The standard InChI is InChI=1S/C58H42N4/c1-36-28-37(2)31-46(30-36)57-60-56(61-58(62-57)47-32-38(3)29-39(4)33-47)43-26-22-41(23-27-43)50-19-11-13-45(35-59)55(50)42-24-20-40(21-25-42)48-14-7-8-17-52(48)54-34-44-12-5-6-15-49(44)51-16-9-10-18-53(51)54/h5-34H,1-4H3. The van der Waals surface area contributed by atoms with Gasteiger partial charge in [-0.05, 0) is 125 Å². The second kappa shape index (κ2) is 15.9. The summed E-state index contributed by atoms with van der Waals surface area (Å²) in [6.07, 6.45) is 0. The molecule has 0 aliphatic carbocycles. The topological polar surface area (TPSA) is 62.5 Å². The molecule has 0 aliphatic rings. The third-order valence-electron chi connectivity index (χ3n) is 11.7. The number of hydrogen-bond donors (Lipinski definition) is 0. The van der Waals surface area contributed by atoms with E-state index in [4.69, 9.17) is 15.0 Å². The van der Waals surface area contributed by atoms with Crippen molar-refractivity contribution in [2.45, 2.75) is 27.7 Å². The molecule has 10 aromatic rings. The van der Waals surface area contributed by atoms with Gasteiger partial charge in [-0.3, -0.25) is 0 Å². The number of nitriles is 1. The molecule has 9 aromatic carbocycles. The van der Waals surface area contributed by atoms with E-state index in [0.29, 0.717) is 23.0 Å². The van der Waals surface area contributed by atoms with E-state index in [0.717, 1.165) is 72.3 Å². The Labute approximate surface area is 362 Å². The van der Waals surface area contributed by atoms with Crippen molar-refractivity contribution < 1.29 is 0 Å². The zero-order valence-corrected chi connectivity index (χ0v) is 35.1. The van der Waals surface area contributed by atoms with E-state index in [1.54, 1.807) is 0 Å². The average Bonchev–Trinajstić information content (AvgIpc) is 3.30. The highest BCUT2D eigenvalue weighted by Gasteiger charge is 2.18. The summed E-state index contributed by atoms with van der Waals surface area (Å²) in [6, 6.07) is 66.5. The lowest BCUT2D eigenvalue weighted by molar-refractivity contribution is 1.07. The van der Waals surface area contributed by atoms with Crippen LogP contribution in [0.15, 0.2) is 182 Å². The number of fused-ring (bicyclic) bond motifs is 3. The molecule has 294 valence electrons. The van der Waals surface area contributed by atoms with Gasteiger partial charge in [0.2, 0.25) is 0 Å². The molecule has 4 heteroatoms. The van der Waals surface area contributed by atoms with Crippen molar-refractivity contribution in [3.63, 3.8) is 0 Å². The first-order chi connectivity index (χ1) is 30.3. The maximum Gasteiger partial charge on any atom is 0.164 e. The van der Waals surface area contributed by atoms with E-state index in [9.17, 15) is 5.26 Å². The number of aromatic nitrogens is 3. The highest BCUT2D eigenvalue weighted by molar-refractivity contribution is 6.14. The maximum absolute atomic E-state index is 10.4. The third kappa shape index (κ3) is 7.21. The van der Waals surface area contributed by atoms with Gasteiger partial charge in [-0.1, -0.05) is 168 Å². The Kier molecular flexibility index (Phi) is 9.79. The SMILES string of the molecule is Cc1cc(C)cc(-c2nc(-c3ccc(-c4cccc(C#N)c4-c4ccc(-c5ccccc5-c5cc6ccccc6c6ccccc56)cc4)cc3)nc(-c3cc(C)cc(C)c3)n2)c1. The highest BCUT2D eigenvalue weighted by Crippen LogP contribution is 2.41. The lowest BCUT2D eigenvalue weighted by atomic mass is 9.87.